The van der Waals surface area contributed by atoms with Crippen LogP contribution in [0.3, 0.4) is 0 Å². The van der Waals surface area contributed by atoms with Gasteiger partial charge >= 0.3 is 0 Å². The molecule has 3 aromatic rings. The first kappa shape index (κ1) is 21.5. The van der Waals surface area contributed by atoms with Gasteiger partial charge in [-0.2, -0.15) is 0 Å². The smallest absolute Gasteiger partial charge is 0.262 e. The number of carbonyl (C=O) groups is 2. The molecule has 0 aromatic heterocycles. The quantitative estimate of drug-likeness (QED) is 0.507. The van der Waals surface area contributed by atoms with Crippen molar-refractivity contribution in [2.75, 3.05) is 10.0 Å². The zero-order valence-corrected chi connectivity index (χ0v) is 17.7. The lowest BCUT2D eigenvalue weighted by molar-refractivity contribution is 0.0952. The van der Waals surface area contributed by atoms with E-state index in [-0.39, 0.29) is 28.1 Å². The van der Waals surface area contributed by atoms with Crippen LogP contribution in [0.2, 0.25) is 0 Å². The van der Waals surface area contributed by atoms with Crippen molar-refractivity contribution in [3.8, 4) is 0 Å². The minimum atomic E-state index is -4.13. The molecule has 1 fully saturated rings. The van der Waals surface area contributed by atoms with Crippen LogP contribution < -0.4 is 15.4 Å². The Morgan fingerprint density at radius 1 is 0.844 bits per heavy atom. The van der Waals surface area contributed by atoms with Gasteiger partial charge in [-0.05, 0) is 55.3 Å². The van der Waals surface area contributed by atoms with Gasteiger partial charge in [-0.1, -0.05) is 30.3 Å². The summed E-state index contributed by atoms with van der Waals surface area (Å²) in [6.07, 6.45) is 1.87. The van der Waals surface area contributed by atoms with Crippen molar-refractivity contribution < 1.29 is 22.4 Å². The van der Waals surface area contributed by atoms with Gasteiger partial charge in [-0.15, -0.1) is 0 Å². The van der Waals surface area contributed by atoms with E-state index in [0.29, 0.717) is 11.3 Å². The van der Waals surface area contributed by atoms with Crippen molar-refractivity contribution in [3.05, 3.63) is 89.7 Å². The van der Waals surface area contributed by atoms with E-state index in [4.69, 9.17) is 0 Å². The average molecular weight is 453 g/mol. The molecule has 1 aliphatic carbocycles. The van der Waals surface area contributed by atoms with Gasteiger partial charge in [-0.3, -0.25) is 14.3 Å². The van der Waals surface area contributed by atoms with Crippen LogP contribution in [-0.2, 0) is 10.0 Å². The van der Waals surface area contributed by atoms with Gasteiger partial charge in [0.2, 0.25) is 0 Å². The van der Waals surface area contributed by atoms with Gasteiger partial charge < -0.3 is 10.6 Å². The molecule has 1 aliphatic rings. The summed E-state index contributed by atoms with van der Waals surface area (Å²) >= 11 is 0. The van der Waals surface area contributed by atoms with Gasteiger partial charge in [0, 0.05) is 11.6 Å². The zero-order chi connectivity index (χ0) is 22.7. The highest BCUT2D eigenvalue weighted by Crippen LogP contribution is 2.23. The van der Waals surface area contributed by atoms with E-state index in [0.717, 1.165) is 18.9 Å². The maximum atomic E-state index is 13.8. The lowest BCUT2D eigenvalue weighted by atomic mass is 10.1. The predicted octanol–water partition coefficient (Wildman–Crippen LogP) is 3.77. The van der Waals surface area contributed by atoms with Crippen molar-refractivity contribution in [1.82, 2.24) is 5.32 Å². The third-order valence-electron chi connectivity index (χ3n) is 4.86. The normalized spacial score (nSPS) is 13.3. The standard InChI is InChI=1S/C23H20FN3O4S/c24-19-9-2-4-11-21(19)27-32(30,31)17-7-5-6-15(14-17)22(28)26-20-10-3-1-8-18(20)23(29)25-16-12-13-16/h1-11,14,16,27H,12-13H2,(H,25,29)(H,26,28). The molecule has 0 bridgehead atoms. The Balaban J connectivity index is 1.54. The second-order valence-electron chi connectivity index (χ2n) is 7.36. The molecule has 0 saturated heterocycles. The van der Waals surface area contributed by atoms with Gasteiger partial charge in [0.25, 0.3) is 21.8 Å². The van der Waals surface area contributed by atoms with Crippen LogP contribution in [0.5, 0.6) is 0 Å². The van der Waals surface area contributed by atoms with E-state index in [1.807, 2.05) is 0 Å². The molecule has 0 aliphatic heterocycles. The number of para-hydroxylation sites is 2. The van der Waals surface area contributed by atoms with E-state index in [1.54, 1.807) is 24.3 Å². The summed E-state index contributed by atoms with van der Waals surface area (Å²) < 4.78 is 41.4. The molecule has 0 spiro atoms. The zero-order valence-electron chi connectivity index (χ0n) is 16.8. The van der Waals surface area contributed by atoms with Crippen LogP contribution in [0.25, 0.3) is 0 Å². The number of nitrogens with one attached hydrogen (secondary N) is 3. The molecular weight excluding hydrogens is 433 g/mol. The first-order chi connectivity index (χ1) is 15.3. The number of rotatable bonds is 7. The Morgan fingerprint density at radius 3 is 2.25 bits per heavy atom. The van der Waals surface area contributed by atoms with Gasteiger partial charge in [-0.25, -0.2) is 12.8 Å². The third kappa shape index (κ3) is 4.94. The van der Waals surface area contributed by atoms with Crippen molar-refractivity contribution >= 4 is 33.2 Å². The number of sulfonamides is 1. The number of halogens is 1. The summed E-state index contributed by atoms with van der Waals surface area (Å²) in [6.45, 7) is 0. The lowest BCUT2D eigenvalue weighted by Gasteiger charge is -2.12. The van der Waals surface area contributed by atoms with Crippen LogP contribution in [0.1, 0.15) is 33.6 Å². The van der Waals surface area contributed by atoms with E-state index in [9.17, 15) is 22.4 Å². The largest absolute Gasteiger partial charge is 0.349 e. The summed E-state index contributed by atoms with van der Waals surface area (Å²) in [7, 11) is -4.13. The number of hydrogen-bond donors (Lipinski definition) is 3. The maximum absolute atomic E-state index is 13.8. The Bertz CT molecular complexity index is 1290. The fourth-order valence-electron chi connectivity index (χ4n) is 3.03. The Labute approximate surface area is 184 Å². The minimum Gasteiger partial charge on any atom is -0.349 e. The highest BCUT2D eigenvalue weighted by Gasteiger charge is 2.25. The summed E-state index contributed by atoms with van der Waals surface area (Å²) in [5.41, 5.74) is 0.503. The first-order valence-corrected chi connectivity index (χ1v) is 11.4. The third-order valence-corrected chi connectivity index (χ3v) is 6.22. The van der Waals surface area contributed by atoms with Crippen LogP contribution in [0, 0.1) is 5.82 Å². The second kappa shape index (κ2) is 8.80. The average Bonchev–Trinajstić information content (AvgIpc) is 3.59. The predicted molar refractivity (Wildman–Crippen MR) is 119 cm³/mol. The molecule has 0 atom stereocenters. The SMILES string of the molecule is O=C(Nc1ccccc1C(=O)NC1CC1)c1cccc(S(=O)(=O)Nc2ccccc2F)c1. The number of carbonyl (C=O) groups excluding carboxylic acids is 2. The van der Waals surface area contributed by atoms with Crippen LogP contribution in [0.4, 0.5) is 15.8 Å². The van der Waals surface area contributed by atoms with Crippen LogP contribution in [0.15, 0.2) is 77.7 Å². The number of benzene rings is 3. The Morgan fingerprint density at radius 2 is 1.53 bits per heavy atom. The molecule has 32 heavy (non-hydrogen) atoms. The molecule has 0 radical (unpaired) electrons. The molecule has 1 saturated carbocycles. The van der Waals surface area contributed by atoms with Crippen molar-refractivity contribution in [2.45, 2.75) is 23.8 Å². The summed E-state index contributed by atoms with van der Waals surface area (Å²) in [6, 6.07) is 17.5. The van der Waals surface area contributed by atoms with E-state index >= 15 is 0 Å². The molecule has 0 heterocycles. The van der Waals surface area contributed by atoms with Crippen molar-refractivity contribution in [1.29, 1.82) is 0 Å². The lowest BCUT2D eigenvalue weighted by Crippen LogP contribution is -2.27. The highest BCUT2D eigenvalue weighted by molar-refractivity contribution is 7.92. The van der Waals surface area contributed by atoms with E-state index in [2.05, 4.69) is 15.4 Å². The molecule has 9 heteroatoms. The van der Waals surface area contributed by atoms with Gasteiger partial charge in [0.05, 0.1) is 21.8 Å². The van der Waals surface area contributed by atoms with Gasteiger partial charge in [0.15, 0.2) is 0 Å². The molecule has 3 N–H and O–H groups in total. The first-order valence-electron chi connectivity index (χ1n) is 9.92. The summed E-state index contributed by atoms with van der Waals surface area (Å²) in [5.74, 6) is -1.58. The Hall–Kier alpha value is -3.72. The Kier molecular flexibility index (Phi) is 5.91. The minimum absolute atomic E-state index is 0.0683. The number of anilines is 2. The number of amides is 2. The molecule has 3 aromatic carbocycles. The maximum Gasteiger partial charge on any atom is 0.262 e. The van der Waals surface area contributed by atoms with Gasteiger partial charge in [0.1, 0.15) is 5.82 Å². The van der Waals surface area contributed by atoms with E-state index in [1.165, 1.54) is 42.5 Å². The molecule has 164 valence electrons. The van der Waals surface area contributed by atoms with Crippen LogP contribution in [-0.4, -0.2) is 26.3 Å². The molecule has 4 rings (SSSR count). The highest BCUT2D eigenvalue weighted by atomic mass is 32.2. The monoisotopic (exact) mass is 453 g/mol. The summed E-state index contributed by atoms with van der Waals surface area (Å²) in [4.78, 5) is 25.0. The van der Waals surface area contributed by atoms with Crippen molar-refractivity contribution in [3.63, 3.8) is 0 Å². The molecule has 2 amide bonds. The fraction of sp³-hybridized carbons (Fsp3) is 0.130. The topological polar surface area (TPSA) is 104 Å². The fourth-order valence-corrected chi connectivity index (χ4v) is 4.14. The molecular formula is C23H20FN3O4S. The van der Waals surface area contributed by atoms with Crippen molar-refractivity contribution in [2.24, 2.45) is 0 Å². The second-order valence-corrected chi connectivity index (χ2v) is 9.04. The molecule has 7 nitrogen and oxygen atoms in total. The molecule has 0 unspecified atom stereocenters. The van der Waals surface area contributed by atoms with E-state index < -0.39 is 21.7 Å². The number of hydrogen-bond acceptors (Lipinski definition) is 4. The van der Waals surface area contributed by atoms with Crippen LogP contribution >= 0.6 is 0 Å². The summed E-state index contributed by atoms with van der Waals surface area (Å²) in [5, 5.41) is 5.54.